The van der Waals surface area contributed by atoms with E-state index in [1.165, 1.54) is 0 Å². The van der Waals surface area contributed by atoms with Crippen LogP contribution in [0.5, 0.6) is 0 Å². The first kappa shape index (κ1) is 18.9. The van der Waals surface area contributed by atoms with Crippen LogP contribution in [0.15, 0.2) is 35.2 Å². The molecular formula is C19H23N5O3S. The Morgan fingerprint density at radius 2 is 1.93 bits per heavy atom. The molecule has 1 aromatic carbocycles. The van der Waals surface area contributed by atoms with E-state index in [1.807, 2.05) is 19.1 Å². The number of nitrogens with zero attached hydrogens (tertiary/aromatic N) is 2. The third-order valence-corrected chi connectivity index (χ3v) is 6.76. The van der Waals surface area contributed by atoms with Gasteiger partial charge in [0.2, 0.25) is 10.0 Å². The Morgan fingerprint density at radius 3 is 2.64 bits per heavy atom. The molecule has 0 unspecified atom stereocenters. The second-order valence-corrected chi connectivity index (χ2v) is 9.02. The zero-order valence-electron chi connectivity index (χ0n) is 15.5. The number of hydrogen-bond acceptors (Lipinski definition) is 6. The van der Waals surface area contributed by atoms with E-state index in [2.05, 4.69) is 19.9 Å². The van der Waals surface area contributed by atoms with Crippen molar-refractivity contribution in [2.24, 2.45) is 0 Å². The highest BCUT2D eigenvalue weighted by molar-refractivity contribution is 7.89. The number of nitrogens with one attached hydrogen (secondary N) is 2. The van der Waals surface area contributed by atoms with Crippen LogP contribution in [-0.2, 0) is 10.0 Å². The van der Waals surface area contributed by atoms with Gasteiger partial charge in [0, 0.05) is 11.6 Å². The highest BCUT2D eigenvalue weighted by atomic mass is 32.2. The summed E-state index contributed by atoms with van der Waals surface area (Å²) < 4.78 is 28.3. The smallest absolute Gasteiger partial charge is 0.240 e. The zero-order chi connectivity index (χ0) is 19.9. The standard InChI is InChI=1S/C19H23N5O3S/c1-11-10-14(28(26,27)24-12-2-4-13(25)5-3-12)6-7-15(11)16-8-9-17-18(21-16)19(20)23-22-17/h6-10,12-13,24-25H,2-5H2,1H3,(H3,20,22,23). The molecule has 3 aromatic rings. The summed E-state index contributed by atoms with van der Waals surface area (Å²) in [6, 6.07) is 8.57. The summed E-state index contributed by atoms with van der Waals surface area (Å²) in [6.07, 6.45) is 2.21. The van der Waals surface area contributed by atoms with Crippen molar-refractivity contribution in [2.45, 2.75) is 49.6 Å². The van der Waals surface area contributed by atoms with E-state index in [9.17, 15) is 13.5 Å². The van der Waals surface area contributed by atoms with Crippen molar-refractivity contribution < 1.29 is 13.5 Å². The number of pyridine rings is 1. The number of nitrogen functional groups attached to an aromatic ring is 1. The highest BCUT2D eigenvalue weighted by Gasteiger charge is 2.25. The van der Waals surface area contributed by atoms with Crippen molar-refractivity contribution in [2.75, 3.05) is 5.73 Å². The Morgan fingerprint density at radius 1 is 1.18 bits per heavy atom. The average Bonchev–Trinajstić information content (AvgIpc) is 3.04. The van der Waals surface area contributed by atoms with Gasteiger partial charge >= 0.3 is 0 Å². The minimum absolute atomic E-state index is 0.137. The summed E-state index contributed by atoms with van der Waals surface area (Å²) in [5.74, 6) is 0.329. The van der Waals surface area contributed by atoms with Gasteiger partial charge in [-0.25, -0.2) is 18.1 Å². The van der Waals surface area contributed by atoms with E-state index in [-0.39, 0.29) is 17.0 Å². The molecule has 0 spiro atoms. The van der Waals surface area contributed by atoms with Gasteiger partial charge in [0.25, 0.3) is 0 Å². The van der Waals surface area contributed by atoms with Crippen molar-refractivity contribution in [3.63, 3.8) is 0 Å². The van der Waals surface area contributed by atoms with Gasteiger partial charge in [-0.05, 0) is 62.4 Å². The lowest BCUT2D eigenvalue weighted by Gasteiger charge is -2.26. The lowest BCUT2D eigenvalue weighted by Crippen LogP contribution is -2.38. The largest absolute Gasteiger partial charge is 0.393 e. The maximum absolute atomic E-state index is 12.7. The maximum atomic E-state index is 12.7. The Labute approximate surface area is 163 Å². The SMILES string of the molecule is Cc1cc(S(=O)(=O)NC2CCC(O)CC2)ccc1-c1ccc2[nH]nc(N)c2n1. The van der Waals surface area contributed by atoms with E-state index < -0.39 is 10.0 Å². The number of hydrogen-bond donors (Lipinski definition) is 4. The zero-order valence-corrected chi connectivity index (χ0v) is 16.3. The number of fused-ring (bicyclic) bond motifs is 1. The Hall–Kier alpha value is -2.49. The summed E-state index contributed by atoms with van der Waals surface area (Å²) in [5.41, 5.74) is 9.52. The van der Waals surface area contributed by atoms with Crippen LogP contribution in [0.1, 0.15) is 31.2 Å². The number of H-pyrrole nitrogens is 1. The van der Waals surface area contributed by atoms with Gasteiger partial charge in [-0.3, -0.25) is 5.10 Å². The predicted molar refractivity (Wildman–Crippen MR) is 107 cm³/mol. The lowest BCUT2D eigenvalue weighted by molar-refractivity contribution is 0.120. The van der Waals surface area contributed by atoms with E-state index in [4.69, 9.17) is 5.73 Å². The lowest BCUT2D eigenvalue weighted by atomic mass is 9.94. The van der Waals surface area contributed by atoms with Crippen LogP contribution in [0.2, 0.25) is 0 Å². The van der Waals surface area contributed by atoms with Crippen LogP contribution >= 0.6 is 0 Å². The Balaban J connectivity index is 1.60. The fourth-order valence-corrected chi connectivity index (χ4v) is 5.03. The minimum Gasteiger partial charge on any atom is -0.393 e. The number of aromatic nitrogens is 3. The number of aromatic amines is 1. The molecule has 9 heteroatoms. The van der Waals surface area contributed by atoms with Crippen LogP contribution in [0.4, 0.5) is 5.82 Å². The first-order valence-corrected chi connectivity index (χ1v) is 10.7. The summed E-state index contributed by atoms with van der Waals surface area (Å²) in [7, 11) is -3.62. The highest BCUT2D eigenvalue weighted by Crippen LogP contribution is 2.28. The maximum Gasteiger partial charge on any atom is 0.240 e. The molecule has 2 aromatic heterocycles. The quantitative estimate of drug-likeness (QED) is 0.529. The van der Waals surface area contributed by atoms with Crippen LogP contribution in [0, 0.1) is 6.92 Å². The van der Waals surface area contributed by atoms with Gasteiger partial charge in [0.1, 0.15) is 5.52 Å². The topological polar surface area (TPSA) is 134 Å². The molecule has 1 saturated carbocycles. The van der Waals surface area contributed by atoms with Crippen molar-refractivity contribution in [3.05, 3.63) is 35.9 Å². The van der Waals surface area contributed by atoms with E-state index in [0.29, 0.717) is 42.7 Å². The molecule has 0 radical (unpaired) electrons. The Bertz CT molecular complexity index is 1120. The molecular weight excluding hydrogens is 378 g/mol. The number of aryl methyl sites for hydroxylation is 1. The van der Waals surface area contributed by atoms with Crippen molar-refractivity contribution in [3.8, 4) is 11.3 Å². The van der Waals surface area contributed by atoms with Gasteiger partial charge in [-0.15, -0.1) is 0 Å². The van der Waals surface area contributed by atoms with E-state index >= 15 is 0 Å². The number of aliphatic hydroxyl groups excluding tert-OH is 1. The fourth-order valence-electron chi connectivity index (χ4n) is 3.64. The molecule has 148 valence electrons. The first-order valence-electron chi connectivity index (χ1n) is 9.25. The number of benzene rings is 1. The monoisotopic (exact) mass is 401 g/mol. The average molecular weight is 401 g/mol. The molecule has 0 aliphatic heterocycles. The molecule has 4 rings (SSSR count). The minimum atomic E-state index is -3.62. The van der Waals surface area contributed by atoms with Gasteiger partial charge in [0.05, 0.1) is 22.2 Å². The van der Waals surface area contributed by atoms with Crippen molar-refractivity contribution in [1.82, 2.24) is 19.9 Å². The van der Waals surface area contributed by atoms with Crippen LogP contribution in [-0.4, -0.2) is 40.9 Å². The van der Waals surface area contributed by atoms with Crippen LogP contribution in [0.25, 0.3) is 22.3 Å². The number of anilines is 1. The number of rotatable bonds is 4. The second-order valence-electron chi connectivity index (χ2n) is 7.30. The number of aliphatic hydroxyl groups is 1. The van der Waals surface area contributed by atoms with Gasteiger partial charge in [0.15, 0.2) is 5.82 Å². The summed E-state index contributed by atoms with van der Waals surface area (Å²) in [4.78, 5) is 4.78. The summed E-state index contributed by atoms with van der Waals surface area (Å²) in [6.45, 7) is 1.86. The van der Waals surface area contributed by atoms with Gasteiger partial charge < -0.3 is 10.8 Å². The third-order valence-electron chi connectivity index (χ3n) is 5.24. The first-order chi connectivity index (χ1) is 13.3. The summed E-state index contributed by atoms with van der Waals surface area (Å²) >= 11 is 0. The number of sulfonamides is 1. The molecule has 5 N–H and O–H groups in total. The molecule has 2 heterocycles. The van der Waals surface area contributed by atoms with Gasteiger partial charge in [-0.1, -0.05) is 6.07 Å². The van der Waals surface area contributed by atoms with Crippen molar-refractivity contribution >= 4 is 26.9 Å². The molecule has 8 nitrogen and oxygen atoms in total. The molecule has 0 bridgehead atoms. The van der Waals surface area contributed by atoms with E-state index in [1.54, 1.807) is 18.2 Å². The van der Waals surface area contributed by atoms with Gasteiger partial charge in [-0.2, -0.15) is 5.10 Å². The molecule has 1 aliphatic rings. The molecule has 0 amide bonds. The predicted octanol–water partition coefficient (Wildman–Crippen LogP) is 2.10. The molecule has 1 fully saturated rings. The normalized spacial score (nSPS) is 20.5. The fraction of sp³-hybridized carbons (Fsp3) is 0.368. The molecule has 0 atom stereocenters. The second kappa shape index (κ2) is 7.16. The Kier molecular flexibility index (Phi) is 4.82. The third kappa shape index (κ3) is 3.60. The summed E-state index contributed by atoms with van der Waals surface area (Å²) in [5, 5.41) is 16.3. The molecule has 28 heavy (non-hydrogen) atoms. The number of nitrogens with two attached hydrogens (primary N) is 1. The molecule has 1 aliphatic carbocycles. The van der Waals surface area contributed by atoms with Crippen molar-refractivity contribution in [1.29, 1.82) is 0 Å². The molecule has 0 saturated heterocycles. The van der Waals surface area contributed by atoms with Crippen LogP contribution in [0.3, 0.4) is 0 Å². The van der Waals surface area contributed by atoms with Crippen LogP contribution < -0.4 is 10.5 Å². The van der Waals surface area contributed by atoms with E-state index in [0.717, 1.165) is 16.6 Å².